The maximum Gasteiger partial charge on any atom is 0.325 e. The van der Waals surface area contributed by atoms with E-state index >= 15 is 0 Å². The van der Waals surface area contributed by atoms with E-state index in [1.54, 1.807) is 31.2 Å². The second kappa shape index (κ2) is 9.54. The van der Waals surface area contributed by atoms with Gasteiger partial charge >= 0.3 is 5.97 Å². The van der Waals surface area contributed by atoms with E-state index in [1.807, 2.05) is 13.8 Å². The van der Waals surface area contributed by atoms with Crippen LogP contribution in [0.4, 0.5) is 0 Å². The van der Waals surface area contributed by atoms with Crippen LogP contribution in [0.2, 0.25) is 0 Å². The highest BCUT2D eigenvalue weighted by molar-refractivity contribution is 5.87. The number of ether oxygens (including phenoxy) is 2. The van der Waals surface area contributed by atoms with Gasteiger partial charge in [-0.3, -0.25) is 9.59 Å². The number of nitrogens with one attached hydrogen (secondary N) is 1. The van der Waals surface area contributed by atoms with E-state index in [1.165, 1.54) is 0 Å². The van der Waals surface area contributed by atoms with Gasteiger partial charge in [-0.2, -0.15) is 0 Å². The fourth-order valence-electron chi connectivity index (χ4n) is 2.03. The van der Waals surface area contributed by atoms with Crippen molar-refractivity contribution in [2.45, 2.75) is 39.2 Å². The van der Waals surface area contributed by atoms with Crippen LogP contribution in [0.15, 0.2) is 24.3 Å². The van der Waals surface area contributed by atoms with Gasteiger partial charge in [-0.05, 0) is 38.5 Å². The second-order valence-corrected chi connectivity index (χ2v) is 5.39. The van der Waals surface area contributed by atoms with Crippen molar-refractivity contribution in [2.24, 2.45) is 0 Å². The first-order valence-corrected chi connectivity index (χ1v) is 7.73. The maximum atomic E-state index is 11.8. The molecule has 1 aromatic carbocycles. The van der Waals surface area contributed by atoms with Gasteiger partial charge in [0.2, 0.25) is 5.91 Å². The van der Waals surface area contributed by atoms with Crippen molar-refractivity contribution in [3.05, 3.63) is 29.8 Å². The highest BCUT2D eigenvalue weighted by atomic mass is 16.5. The molecule has 0 saturated carbocycles. The zero-order chi connectivity index (χ0) is 18.1. The molecule has 7 nitrogen and oxygen atoms in total. The number of hydrogen-bond donors (Lipinski definition) is 1. The Morgan fingerprint density at radius 1 is 1.17 bits per heavy atom. The van der Waals surface area contributed by atoms with E-state index < -0.39 is 23.8 Å². The van der Waals surface area contributed by atoms with Gasteiger partial charge in [0, 0.05) is 18.3 Å². The molecule has 132 valence electrons. The summed E-state index contributed by atoms with van der Waals surface area (Å²) in [7, 11) is 0. The summed E-state index contributed by atoms with van der Waals surface area (Å²) in [5.41, 5.74) is 0.428. The molecule has 0 aliphatic rings. The van der Waals surface area contributed by atoms with Gasteiger partial charge in [0.25, 0.3) is 0 Å². The zero-order valence-electron chi connectivity index (χ0n) is 14.0. The fraction of sp³-hybridized carbons (Fsp3) is 0.471. The first-order chi connectivity index (χ1) is 11.3. The molecule has 0 aromatic heterocycles. The molecule has 1 rings (SSSR count). The van der Waals surface area contributed by atoms with Gasteiger partial charge in [0.15, 0.2) is 0 Å². The molecule has 0 radical (unpaired) electrons. The van der Waals surface area contributed by atoms with Crippen LogP contribution in [0.1, 0.15) is 38.7 Å². The molecule has 0 spiro atoms. The molecule has 1 N–H and O–H groups in total. The Kier molecular flexibility index (Phi) is 7.74. The Morgan fingerprint density at radius 2 is 1.79 bits per heavy atom. The summed E-state index contributed by atoms with van der Waals surface area (Å²) >= 11 is 0. The third-order valence-electron chi connectivity index (χ3n) is 3.06. The summed E-state index contributed by atoms with van der Waals surface area (Å²) in [6.07, 6.45) is -0.326. The second-order valence-electron chi connectivity index (χ2n) is 5.39. The number of benzene rings is 1. The predicted molar refractivity (Wildman–Crippen MR) is 84.2 cm³/mol. The molecule has 0 bridgehead atoms. The lowest BCUT2D eigenvalue weighted by molar-refractivity contribution is -0.308. The van der Waals surface area contributed by atoms with Crippen LogP contribution in [0.5, 0.6) is 5.75 Å². The summed E-state index contributed by atoms with van der Waals surface area (Å²) in [5, 5.41) is 13.7. The van der Waals surface area contributed by atoms with Crippen LogP contribution in [-0.4, -0.2) is 37.1 Å². The summed E-state index contributed by atoms with van der Waals surface area (Å²) in [4.78, 5) is 34.3. The number of carbonyl (C=O) groups is 3. The van der Waals surface area contributed by atoms with Crippen LogP contribution >= 0.6 is 0 Å². The first-order valence-electron chi connectivity index (χ1n) is 7.73. The highest BCUT2D eigenvalue weighted by Gasteiger charge is 2.18. The normalized spacial score (nSPS) is 11.7. The molecule has 0 saturated heterocycles. The molecule has 1 amide bonds. The summed E-state index contributed by atoms with van der Waals surface area (Å²) in [6.45, 7) is 5.32. The van der Waals surface area contributed by atoms with Gasteiger partial charge in [-0.25, -0.2) is 0 Å². The molecule has 1 aromatic rings. The monoisotopic (exact) mass is 336 g/mol. The average molecular weight is 336 g/mol. The minimum absolute atomic E-state index is 0.00134. The van der Waals surface area contributed by atoms with Gasteiger partial charge in [0.05, 0.1) is 12.7 Å². The molecule has 24 heavy (non-hydrogen) atoms. The third kappa shape index (κ3) is 6.68. The molecule has 0 unspecified atom stereocenters. The number of amides is 1. The van der Waals surface area contributed by atoms with E-state index in [0.717, 1.165) is 0 Å². The van der Waals surface area contributed by atoms with Crippen molar-refractivity contribution >= 4 is 17.8 Å². The number of carbonyl (C=O) groups excluding carboxylic acids is 3. The first kappa shape index (κ1) is 19.5. The van der Waals surface area contributed by atoms with Crippen LogP contribution < -0.4 is 15.2 Å². The topological polar surface area (TPSA) is 105 Å². The van der Waals surface area contributed by atoms with Crippen LogP contribution in [0, 0.1) is 0 Å². The van der Waals surface area contributed by atoms with E-state index in [4.69, 9.17) is 4.74 Å². The van der Waals surface area contributed by atoms with Crippen molar-refractivity contribution in [1.29, 1.82) is 0 Å². The third-order valence-corrected chi connectivity index (χ3v) is 3.06. The smallest absolute Gasteiger partial charge is 0.325 e. The van der Waals surface area contributed by atoms with E-state index in [0.29, 0.717) is 11.3 Å². The molecular weight excluding hydrogens is 314 g/mol. The Labute approximate surface area is 141 Å². The zero-order valence-corrected chi connectivity index (χ0v) is 14.0. The van der Waals surface area contributed by atoms with E-state index in [9.17, 15) is 19.5 Å². The molecule has 0 aliphatic carbocycles. The molecule has 0 heterocycles. The maximum absolute atomic E-state index is 11.8. The lowest BCUT2D eigenvalue weighted by atomic mass is 9.95. The Balaban J connectivity index is 2.68. The SMILES string of the molecule is CCOC(=O)CNC(=O)C[C@@H](C(=O)[O-])c1ccc(OC(C)C)cc1. The number of aliphatic carboxylic acids is 1. The number of carboxylic acids is 1. The van der Waals surface area contributed by atoms with Crippen LogP contribution in [-0.2, 0) is 19.1 Å². The van der Waals surface area contributed by atoms with Crippen LogP contribution in [0.25, 0.3) is 0 Å². The molecule has 7 heteroatoms. The highest BCUT2D eigenvalue weighted by Crippen LogP contribution is 2.22. The van der Waals surface area contributed by atoms with E-state index in [-0.39, 0.29) is 25.7 Å². The van der Waals surface area contributed by atoms with Crippen LogP contribution in [0.3, 0.4) is 0 Å². The average Bonchev–Trinajstić information content (AvgIpc) is 2.51. The molecule has 1 atom stereocenters. The lowest BCUT2D eigenvalue weighted by Gasteiger charge is -2.19. The van der Waals surface area contributed by atoms with E-state index in [2.05, 4.69) is 10.1 Å². The fourth-order valence-corrected chi connectivity index (χ4v) is 2.03. The summed E-state index contributed by atoms with van der Waals surface area (Å²) < 4.78 is 10.2. The number of carboxylic acid groups (broad SMARTS) is 1. The molecular formula is C17H22NO6-. The van der Waals surface area contributed by atoms with Crippen molar-refractivity contribution in [2.75, 3.05) is 13.2 Å². The number of esters is 1. The van der Waals surface area contributed by atoms with Crippen molar-refractivity contribution in [1.82, 2.24) is 5.32 Å². The number of rotatable bonds is 9. The van der Waals surface area contributed by atoms with Crippen molar-refractivity contribution in [3.8, 4) is 5.75 Å². The van der Waals surface area contributed by atoms with Gasteiger partial charge in [0.1, 0.15) is 12.3 Å². The summed E-state index contributed by atoms with van der Waals surface area (Å²) in [5.74, 6) is -3.01. The standard InChI is InChI=1S/C17H23NO6/c1-4-23-16(20)10-18-15(19)9-14(17(21)22)12-5-7-13(8-6-12)24-11(2)3/h5-8,11,14H,4,9-10H2,1-3H3,(H,18,19)(H,21,22)/p-1/t14-/m1/s1. The largest absolute Gasteiger partial charge is 0.549 e. The summed E-state index contributed by atoms with van der Waals surface area (Å²) in [6, 6.07) is 6.44. The van der Waals surface area contributed by atoms with Crippen molar-refractivity contribution in [3.63, 3.8) is 0 Å². The van der Waals surface area contributed by atoms with Crippen molar-refractivity contribution < 1.29 is 29.0 Å². The number of hydrogen-bond acceptors (Lipinski definition) is 6. The minimum atomic E-state index is -1.36. The van der Waals surface area contributed by atoms with Gasteiger partial charge in [-0.1, -0.05) is 12.1 Å². The quantitative estimate of drug-likeness (QED) is 0.654. The molecule has 0 aliphatic heterocycles. The molecule has 0 fully saturated rings. The van der Waals surface area contributed by atoms with Gasteiger partial charge in [-0.15, -0.1) is 0 Å². The predicted octanol–water partition coefficient (Wildman–Crippen LogP) is 0.377. The minimum Gasteiger partial charge on any atom is -0.549 e. The lowest BCUT2D eigenvalue weighted by Crippen LogP contribution is -2.36. The Morgan fingerprint density at radius 3 is 2.29 bits per heavy atom. The van der Waals surface area contributed by atoms with Gasteiger partial charge < -0.3 is 24.7 Å². The Hall–Kier alpha value is -2.57. The Bertz CT molecular complexity index is 567.